The summed E-state index contributed by atoms with van der Waals surface area (Å²) in [6, 6.07) is 3.56. The number of hydrogen-bond donors (Lipinski definition) is 1. The summed E-state index contributed by atoms with van der Waals surface area (Å²) in [4.78, 5) is 25.1. The van der Waals surface area contributed by atoms with E-state index in [1.165, 1.54) is 12.5 Å². The number of nitro groups is 1. The zero-order valence-corrected chi connectivity index (χ0v) is 13.4. The number of piperidine rings is 1. The summed E-state index contributed by atoms with van der Waals surface area (Å²) < 4.78 is 0. The molecule has 1 aliphatic rings. The molecule has 0 aliphatic carbocycles. The summed E-state index contributed by atoms with van der Waals surface area (Å²) >= 11 is 0. The van der Waals surface area contributed by atoms with Crippen molar-refractivity contribution in [3.8, 4) is 0 Å². The van der Waals surface area contributed by atoms with Crippen LogP contribution < -0.4 is 5.32 Å². The largest absolute Gasteiger partial charge is 0.319 e. The van der Waals surface area contributed by atoms with Crippen LogP contribution in [0.2, 0.25) is 0 Å². The number of likely N-dealkylation sites (tertiary alicyclic amines) is 1. The molecule has 1 atom stereocenters. The van der Waals surface area contributed by atoms with Crippen molar-refractivity contribution in [2.45, 2.75) is 46.1 Å². The van der Waals surface area contributed by atoms with Gasteiger partial charge in [-0.2, -0.15) is 0 Å². The Morgan fingerprint density at radius 1 is 1.36 bits per heavy atom. The molecule has 0 radical (unpaired) electrons. The van der Waals surface area contributed by atoms with E-state index in [9.17, 15) is 14.9 Å². The lowest BCUT2D eigenvalue weighted by Crippen LogP contribution is -2.42. The zero-order valence-electron chi connectivity index (χ0n) is 13.4. The third-order valence-corrected chi connectivity index (χ3v) is 4.37. The number of benzene rings is 1. The lowest BCUT2D eigenvalue weighted by atomic mass is 10.0. The molecule has 0 spiro atoms. The fraction of sp³-hybridized carbons (Fsp3) is 0.562. The summed E-state index contributed by atoms with van der Waals surface area (Å²) in [7, 11) is 0. The van der Waals surface area contributed by atoms with Crippen LogP contribution in [0.5, 0.6) is 0 Å². The van der Waals surface area contributed by atoms with Gasteiger partial charge < -0.3 is 5.32 Å². The minimum absolute atomic E-state index is 0.0526. The van der Waals surface area contributed by atoms with Crippen LogP contribution in [0.3, 0.4) is 0 Å². The van der Waals surface area contributed by atoms with Gasteiger partial charge in [-0.3, -0.25) is 19.8 Å². The molecule has 1 aliphatic heterocycles. The average molecular weight is 305 g/mol. The molecule has 6 heteroatoms. The van der Waals surface area contributed by atoms with Gasteiger partial charge in [0, 0.05) is 12.1 Å². The maximum Gasteiger partial charge on any atom is 0.293 e. The summed E-state index contributed by atoms with van der Waals surface area (Å²) in [5, 5.41) is 13.9. The van der Waals surface area contributed by atoms with Gasteiger partial charge in [0.1, 0.15) is 5.69 Å². The maximum absolute atomic E-state index is 12.2. The number of anilines is 1. The molecule has 1 aromatic rings. The van der Waals surface area contributed by atoms with Crippen LogP contribution in [0.4, 0.5) is 11.4 Å². The Hall–Kier alpha value is -1.95. The van der Waals surface area contributed by atoms with Crippen molar-refractivity contribution in [2.24, 2.45) is 0 Å². The van der Waals surface area contributed by atoms with Gasteiger partial charge in [-0.05, 0) is 57.4 Å². The minimum atomic E-state index is -0.453. The van der Waals surface area contributed by atoms with Crippen LogP contribution in [0.15, 0.2) is 12.1 Å². The Morgan fingerprint density at radius 3 is 2.68 bits per heavy atom. The summed E-state index contributed by atoms with van der Waals surface area (Å²) in [6.07, 6.45) is 3.39. The number of carbonyl (C=O) groups excluding carboxylic acids is 1. The monoisotopic (exact) mass is 305 g/mol. The molecular weight excluding hydrogens is 282 g/mol. The zero-order chi connectivity index (χ0) is 16.3. The predicted molar refractivity (Wildman–Crippen MR) is 86.1 cm³/mol. The molecule has 0 aromatic heterocycles. The lowest BCUT2D eigenvalue weighted by Gasteiger charge is -2.32. The van der Waals surface area contributed by atoms with Crippen LogP contribution >= 0.6 is 0 Å². The lowest BCUT2D eigenvalue weighted by molar-refractivity contribution is -0.384. The molecule has 1 N–H and O–H groups in total. The predicted octanol–water partition coefficient (Wildman–Crippen LogP) is 3.02. The van der Waals surface area contributed by atoms with Gasteiger partial charge in [0.15, 0.2) is 0 Å². The highest BCUT2D eigenvalue weighted by atomic mass is 16.6. The van der Waals surface area contributed by atoms with E-state index in [0.29, 0.717) is 6.04 Å². The normalized spacial score (nSPS) is 19.0. The standard InChI is InChI=1S/C16H23N3O3/c1-11-8-14(15(19(21)22)9-12(11)2)17-16(20)10-18-7-5-4-6-13(18)3/h8-9,13H,4-7,10H2,1-3H3,(H,17,20)/t13-/m0/s1. The molecule has 6 nitrogen and oxygen atoms in total. The molecule has 0 unspecified atom stereocenters. The first-order valence-corrected chi connectivity index (χ1v) is 7.68. The highest BCUT2D eigenvalue weighted by Crippen LogP contribution is 2.28. The van der Waals surface area contributed by atoms with Crippen molar-refractivity contribution in [3.63, 3.8) is 0 Å². The average Bonchev–Trinajstić information content (AvgIpc) is 2.44. The van der Waals surface area contributed by atoms with Gasteiger partial charge in [0.05, 0.1) is 11.5 Å². The Bertz CT molecular complexity index is 586. The fourth-order valence-electron chi connectivity index (χ4n) is 2.82. The molecule has 120 valence electrons. The molecule has 1 saturated heterocycles. The second-order valence-electron chi connectivity index (χ2n) is 6.07. The van der Waals surface area contributed by atoms with Crippen LogP contribution in [0, 0.1) is 24.0 Å². The van der Waals surface area contributed by atoms with Crippen LogP contribution in [-0.4, -0.2) is 34.9 Å². The number of carbonyl (C=O) groups is 1. The number of rotatable bonds is 4. The van der Waals surface area contributed by atoms with E-state index in [2.05, 4.69) is 17.1 Å². The first-order chi connectivity index (χ1) is 10.4. The first kappa shape index (κ1) is 16.4. The third kappa shape index (κ3) is 3.82. The van der Waals surface area contributed by atoms with Crippen molar-refractivity contribution < 1.29 is 9.72 Å². The molecule has 1 fully saturated rings. The highest BCUT2D eigenvalue weighted by molar-refractivity contribution is 5.94. The van der Waals surface area contributed by atoms with E-state index in [0.717, 1.165) is 30.5 Å². The fourth-order valence-corrected chi connectivity index (χ4v) is 2.82. The van der Waals surface area contributed by atoms with Crippen LogP contribution in [0.25, 0.3) is 0 Å². The SMILES string of the molecule is Cc1cc(NC(=O)CN2CCCC[C@@H]2C)c([N+](=O)[O-])cc1C. The maximum atomic E-state index is 12.2. The third-order valence-electron chi connectivity index (χ3n) is 4.37. The highest BCUT2D eigenvalue weighted by Gasteiger charge is 2.22. The molecule has 0 bridgehead atoms. The second-order valence-corrected chi connectivity index (χ2v) is 6.07. The summed E-state index contributed by atoms with van der Waals surface area (Å²) in [5.74, 6) is -0.194. The van der Waals surface area contributed by atoms with Crippen LogP contribution in [0.1, 0.15) is 37.3 Å². The number of nitro benzene ring substituents is 1. The first-order valence-electron chi connectivity index (χ1n) is 7.68. The minimum Gasteiger partial charge on any atom is -0.319 e. The van der Waals surface area contributed by atoms with E-state index in [-0.39, 0.29) is 23.8 Å². The van der Waals surface area contributed by atoms with Crippen molar-refractivity contribution in [2.75, 3.05) is 18.4 Å². The van der Waals surface area contributed by atoms with E-state index >= 15 is 0 Å². The molecule has 1 amide bonds. The van der Waals surface area contributed by atoms with E-state index in [4.69, 9.17) is 0 Å². The quantitative estimate of drug-likeness (QED) is 0.685. The van der Waals surface area contributed by atoms with Crippen molar-refractivity contribution in [1.29, 1.82) is 0 Å². The smallest absolute Gasteiger partial charge is 0.293 e. The van der Waals surface area contributed by atoms with Gasteiger partial charge in [0.25, 0.3) is 5.69 Å². The molecular formula is C16H23N3O3. The number of nitrogens with zero attached hydrogens (tertiary/aromatic N) is 2. The Morgan fingerprint density at radius 2 is 2.05 bits per heavy atom. The Kier molecular flexibility index (Phi) is 5.13. The Balaban J connectivity index is 2.11. The van der Waals surface area contributed by atoms with Gasteiger partial charge in [-0.25, -0.2) is 0 Å². The van der Waals surface area contributed by atoms with Gasteiger partial charge in [-0.1, -0.05) is 6.42 Å². The molecule has 1 aromatic carbocycles. The van der Waals surface area contributed by atoms with Crippen molar-refractivity contribution >= 4 is 17.3 Å². The van der Waals surface area contributed by atoms with E-state index < -0.39 is 4.92 Å². The summed E-state index contributed by atoms with van der Waals surface area (Å²) in [6.45, 7) is 7.00. The van der Waals surface area contributed by atoms with Gasteiger partial charge >= 0.3 is 0 Å². The van der Waals surface area contributed by atoms with E-state index in [1.807, 2.05) is 13.8 Å². The summed E-state index contributed by atoms with van der Waals surface area (Å²) in [5.41, 5.74) is 1.99. The molecule has 0 saturated carbocycles. The van der Waals surface area contributed by atoms with Crippen molar-refractivity contribution in [3.05, 3.63) is 33.4 Å². The van der Waals surface area contributed by atoms with Crippen molar-refractivity contribution in [1.82, 2.24) is 4.90 Å². The number of nitrogens with one attached hydrogen (secondary N) is 1. The number of hydrogen-bond acceptors (Lipinski definition) is 4. The topological polar surface area (TPSA) is 75.5 Å². The van der Waals surface area contributed by atoms with Gasteiger partial charge in [0.2, 0.25) is 5.91 Å². The Labute approximate surface area is 130 Å². The molecule has 2 rings (SSSR count). The number of aryl methyl sites for hydroxylation is 2. The molecule has 22 heavy (non-hydrogen) atoms. The van der Waals surface area contributed by atoms with E-state index in [1.54, 1.807) is 6.07 Å². The van der Waals surface area contributed by atoms with Crippen LogP contribution in [-0.2, 0) is 4.79 Å². The second kappa shape index (κ2) is 6.87. The molecule has 1 heterocycles. The number of amides is 1. The van der Waals surface area contributed by atoms with Gasteiger partial charge in [-0.15, -0.1) is 0 Å².